The second-order valence-electron chi connectivity index (χ2n) is 6.39. The summed E-state index contributed by atoms with van der Waals surface area (Å²) in [7, 11) is 0. The Bertz CT molecular complexity index is 980. The molecule has 0 spiro atoms. The van der Waals surface area contributed by atoms with Crippen LogP contribution in [0.1, 0.15) is 31.2 Å². The number of aromatic nitrogens is 1. The number of thiazole rings is 1. The Morgan fingerprint density at radius 3 is 2.67 bits per heavy atom. The van der Waals surface area contributed by atoms with Gasteiger partial charge in [0.2, 0.25) is 18.0 Å². The summed E-state index contributed by atoms with van der Waals surface area (Å²) in [5.74, 6) is 0.396. The molecule has 1 aromatic heterocycles. The number of benzene rings is 2. The van der Waals surface area contributed by atoms with Crippen LogP contribution in [0.4, 0.5) is 0 Å². The summed E-state index contributed by atoms with van der Waals surface area (Å²) >= 11 is 3.24. The molecule has 0 fully saturated rings. The van der Waals surface area contributed by atoms with Crippen molar-refractivity contribution in [1.29, 1.82) is 0 Å². The summed E-state index contributed by atoms with van der Waals surface area (Å²) in [4.78, 5) is 16.7. The van der Waals surface area contributed by atoms with Gasteiger partial charge in [0.05, 0.1) is 15.5 Å². The minimum atomic E-state index is -0.517. The molecule has 2 heterocycles. The van der Waals surface area contributed by atoms with Crippen LogP contribution in [-0.2, 0) is 9.53 Å². The molecule has 0 saturated carbocycles. The summed E-state index contributed by atoms with van der Waals surface area (Å²) in [6.45, 7) is 5.55. The van der Waals surface area contributed by atoms with Gasteiger partial charge in [-0.05, 0) is 26.0 Å². The molecule has 1 amide bonds. The lowest BCUT2D eigenvalue weighted by Crippen LogP contribution is -2.25. The van der Waals surface area contributed by atoms with Crippen LogP contribution in [0.5, 0.6) is 0 Å². The molecule has 27 heavy (non-hydrogen) atoms. The van der Waals surface area contributed by atoms with Crippen LogP contribution in [-0.4, -0.2) is 27.0 Å². The number of aryl methyl sites for hydroxylation is 1. The highest BCUT2D eigenvalue weighted by molar-refractivity contribution is 8.02. The van der Waals surface area contributed by atoms with E-state index in [1.54, 1.807) is 23.1 Å². The van der Waals surface area contributed by atoms with Crippen molar-refractivity contribution in [3.05, 3.63) is 59.7 Å². The Balaban J connectivity index is 1.54. The summed E-state index contributed by atoms with van der Waals surface area (Å²) in [6.07, 6.45) is -0.517. The fourth-order valence-corrected chi connectivity index (χ4v) is 5.05. The summed E-state index contributed by atoms with van der Waals surface area (Å²) in [5.41, 5.74) is 3.06. The third kappa shape index (κ3) is 3.70. The van der Waals surface area contributed by atoms with Crippen LogP contribution in [0.25, 0.3) is 10.2 Å². The van der Waals surface area contributed by atoms with Crippen molar-refractivity contribution < 1.29 is 9.53 Å². The minimum Gasteiger partial charge on any atom is -0.448 e. The van der Waals surface area contributed by atoms with Crippen LogP contribution in [0, 0.1) is 6.92 Å². The molecule has 7 heteroatoms. The van der Waals surface area contributed by atoms with Crippen molar-refractivity contribution in [3.8, 4) is 0 Å². The van der Waals surface area contributed by atoms with E-state index in [0.717, 1.165) is 25.7 Å². The maximum Gasteiger partial charge on any atom is 0.243 e. The van der Waals surface area contributed by atoms with Crippen molar-refractivity contribution in [2.45, 2.75) is 36.6 Å². The van der Waals surface area contributed by atoms with E-state index in [1.807, 2.05) is 56.3 Å². The van der Waals surface area contributed by atoms with Gasteiger partial charge in [-0.3, -0.25) is 4.79 Å². The number of thioether (sulfide) groups is 1. The number of hydrogen-bond acceptors (Lipinski definition) is 6. The van der Waals surface area contributed by atoms with Gasteiger partial charge in [-0.2, -0.15) is 5.01 Å². The largest absolute Gasteiger partial charge is 0.448 e. The van der Waals surface area contributed by atoms with Crippen LogP contribution < -0.4 is 0 Å². The second kappa shape index (κ2) is 7.32. The first-order valence-corrected chi connectivity index (χ1v) is 10.3. The van der Waals surface area contributed by atoms with Gasteiger partial charge in [0, 0.05) is 12.5 Å². The lowest BCUT2D eigenvalue weighted by atomic mass is 10.1. The first-order valence-electron chi connectivity index (χ1n) is 8.65. The Morgan fingerprint density at radius 2 is 1.96 bits per heavy atom. The van der Waals surface area contributed by atoms with Gasteiger partial charge in [0.1, 0.15) is 0 Å². The van der Waals surface area contributed by atoms with Crippen molar-refractivity contribution >= 4 is 45.1 Å². The van der Waals surface area contributed by atoms with E-state index in [2.05, 4.69) is 16.2 Å². The second-order valence-corrected chi connectivity index (χ2v) is 9.01. The molecule has 0 unspecified atom stereocenters. The van der Waals surface area contributed by atoms with E-state index in [-0.39, 0.29) is 11.2 Å². The molecular formula is C20H19N3O2S2. The Morgan fingerprint density at radius 1 is 1.22 bits per heavy atom. The zero-order chi connectivity index (χ0) is 19.0. The van der Waals surface area contributed by atoms with E-state index < -0.39 is 6.23 Å². The third-order valence-electron chi connectivity index (χ3n) is 4.25. The van der Waals surface area contributed by atoms with Crippen LogP contribution in [0.3, 0.4) is 0 Å². The van der Waals surface area contributed by atoms with Gasteiger partial charge in [-0.15, -0.1) is 16.4 Å². The number of ether oxygens (including phenoxy) is 1. The molecule has 0 saturated heterocycles. The van der Waals surface area contributed by atoms with E-state index in [4.69, 9.17) is 4.74 Å². The highest BCUT2D eigenvalue weighted by Crippen LogP contribution is 2.36. The fourth-order valence-electron chi connectivity index (χ4n) is 2.80. The molecule has 1 aliphatic heterocycles. The molecule has 3 aromatic rings. The van der Waals surface area contributed by atoms with Crippen molar-refractivity contribution in [1.82, 2.24) is 9.99 Å². The van der Waals surface area contributed by atoms with Crippen molar-refractivity contribution in [2.75, 3.05) is 0 Å². The summed E-state index contributed by atoms with van der Waals surface area (Å²) in [5, 5.41) is 5.81. The minimum absolute atomic E-state index is 0.0529. The quantitative estimate of drug-likeness (QED) is 0.583. The van der Waals surface area contributed by atoms with Crippen LogP contribution in [0.15, 0.2) is 58.0 Å². The molecule has 0 radical (unpaired) electrons. The average Bonchev–Trinajstić information content (AvgIpc) is 3.26. The highest BCUT2D eigenvalue weighted by Gasteiger charge is 2.35. The van der Waals surface area contributed by atoms with Gasteiger partial charge in [-0.25, -0.2) is 4.98 Å². The van der Waals surface area contributed by atoms with Crippen LogP contribution in [0.2, 0.25) is 0 Å². The van der Waals surface area contributed by atoms with Crippen molar-refractivity contribution in [2.24, 2.45) is 5.10 Å². The van der Waals surface area contributed by atoms with Gasteiger partial charge in [0.15, 0.2) is 4.34 Å². The molecule has 1 aliphatic rings. The number of hydrazone groups is 1. The first-order chi connectivity index (χ1) is 13.0. The molecule has 138 valence electrons. The third-order valence-corrected chi connectivity index (χ3v) is 6.46. The monoisotopic (exact) mass is 397 g/mol. The molecule has 2 aromatic carbocycles. The number of rotatable bonds is 4. The maximum absolute atomic E-state index is 12.1. The summed E-state index contributed by atoms with van der Waals surface area (Å²) < 4.78 is 8.20. The number of carbonyl (C=O) groups is 1. The van der Waals surface area contributed by atoms with E-state index in [1.165, 1.54) is 11.9 Å². The number of carbonyl (C=O) groups excluding carboxylic acids is 1. The number of para-hydroxylation sites is 1. The standard InChI is InChI=1S/C20H19N3O2S2/c1-12-8-10-15(11-9-12)19-23(14(3)24)22-18(25-19)13(2)26-20-21-16-6-4-5-7-17(16)27-20/h4-11,13,19H,1-3H3/t13-,19+/m0/s1. The number of hydrogen-bond donors (Lipinski definition) is 0. The molecule has 4 rings (SSSR count). The zero-order valence-electron chi connectivity index (χ0n) is 15.2. The molecular weight excluding hydrogens is 378 g/mol. The van der Waals surface area contributed by atoms with Gasteiger partial charge in [0.25, 0.3) is 0 Å². The Kier molecular flexibility index (Phi) is 4.88. The van der Waals surface area contributed by atoms with Gasteiger partial charge < -0.3 is 4.74 Å². The smallest absolute Gasteiger partial charge is 0.243 e. The Hall–Kier alpha value is -2.38. The number of fused-ring (bicyclic) bond motifs is 1. The highest BCUT2D eigenvalue weighted by atomic mass is 32.2. The van der Waals surface area contributed by atoms with Gasteiger partial charge in [-0.1, -0.05) is 53.7 Å². The average molecular weight is 398 g/mol. The van der Waals surface area contributed by atoms with E-state index in [0.29, 0.717) is 5.90 Å². The normalized spacial score (nSPS) is 17.7. The number of amides is 1. The Labute approximate surface area is 166 Å². The first kappa shape index (κ1) is 18.0. The van der Waals surface area contributed by atoms with Crippen LogP contribution >= 0.6 is 23.1 Å². The maximum atomic E-state index is 12.1. The zero-order valence-corrected chi connectivity index (χ0v) is 16.9. The molecule has 5 nitrogen and oxygen atoms in total. The SMILES string of the molecule is CC(=O)N1N=C([C@H](C)Sc2nc3ccccc3s2)O[C@@H]1c1ccc(C)cc1. The molecule has 0 bridgehead atoms. The van der Waals surface area contributed by atoms with E-state index in [9.17, 15) is 4.79 Å². The molecule has 0 aliphatic carbocycles. The topological polar surface area (TPSA) is 54.8 Å². The van der Waals surface area contributed by atoms with Gasteiger partial charge >= 0.3 is 0 Å². The molecule has 2 atom stereocenters. The fraction of sp³-hybridized carbons (Fsp3) is 0.250. The predicted molar refractivity (Wildman–Crippen MR) is 110 cm³/mol. The predicted octanol–water partition coefficient (Wildman–Crippen LogP) is 4.98. The summed E-state index contributed by atoms with van der Waals surface area (Å²) in [6, 6.07) is 16.0. The number of nitrogens with zero attached hydrogens (tertiary/aromatic N) is 3. The van der Waals surface area contributed by atoms with E-state index >= 15 is 0 Å². The van der Waals surface area contributed by atoms with Crippen molar-refractivity contribution in [3.63, 3.8) is 0 Å². The lowest BCUT2D eigenvalue weighted by Gasteiger charge is -2.19. The molecule has 0 N–H and O–H groups in total. The lowest BCUT2D eigenvalue weighted by molar-refractivity contribution is -0.135.